The Hall–Kier alpha value is -1.33. The molecule has 5 nitrogen and oxygen atoms in total. The lowest BCUT2D eigenvalue weighted by Gasteiger charge is -2.24. The Morgan fingerprint density at radius 1 is 1.61 bits per heavy atom. The zero-order valence-electron chi connectivity index (χ0n) is 10.8. The van der Waals surface area contributed by atoms with Crippen LogP contribution in [-0.2, 0) is 4.74 Å². The second kappa shape index (κ2) is 6.02. The van der Waals surface area contributed by atoms with E-state index in [0.29, 0.717) is 18.7 Å². The van der Waals surface area contributed by atoms with Crippen molar-refractivity contribution in [1.29, 1.82) is 0 Å². The summed E-state index contributed by atoms with van der Waals surface area (Å²) in [6, 6.07) is 1.45. The fourth-order valence-corrected chi connectivity index (χ4v) is 1.65. The summed E-state index contributed by atoms with van der Waals surface area (Å²) in [5.74, 6) is -0.0319. The topological polar surface area (TPSA) is 77.2 Å². The van der Waals surface area contributed by atoms with E-state index >= 15 is 0 Å². The standard InChI is InChI=1S/C12H18ClN3O2/c1-4-18-12(2,3)7-16-11(17)8-5-10(14)15-6-9(8)13/h5-6H,4,7H2,1-3H3,(H2,14,15)(H,16,17). The van der Waals surface area contributed by atoms with Gasteiger partial charge in [0.2, 0.25) is 0 Å². The van der Waals surface area contributed by atoms with E-state index in [2.05, 4.69) is 10.3 Å². The van der Waals surface area contributed by atoms with Crippen LogP contribution in [0.4, 0.5) is 5.82 Å². The van der Waals surface area contributed by atoms with Crippen molar-refractivity contribution >= 4 is 23.3 Å². The molecule has 0 bridgehead atoms. The molecular formula is C12H18ClN3O2. The second-order valence-electron chi connectivity index (χ2n) is 4.46. The van der Waals surface area contributed by atoms with E-state index in [4.69, 9.17) is 22.1 Å². The number of nitrogens with one attached hydrogen (secondary N) is 1. The van der Waals surface area contributed by atoms with Crippen LogP contribution in [0.3, 0.4) is 0 Å². The third kappa shape index (κ3) is 4.16. The Morgan fingerprint density at radius 3 is 2.89 bits per heavy atom. The normalized spacial score (nSPS) is 11.3. The van der Waals surface area contributed by atoms with Gasteiger partial charge in [0.25, 0.3) is 5.91 Å². The van der Waals surface area contributed by atoms with Crippen molar-refractivity contribution < 1.29 is 9.53 Å². The first-order chi connectivity index (χ1) is 8.35. The lowest BCUT2D eigenvalue weighted by Crippen LogP contribution is -2.40. The first-order valence-corrected chi connectivity index (χ1v) is 6.06. The summed E-state index contributed by atoms with van der Waals surface area (Å²) in [5.41, 5.74) is 5.42. The zero-order valence-corrected chi connectivity index (χ0v) is 11.5. The largest absolute Gasteiger partial charge is 0.384 e. The molecule has 0 unspecified atom stereocenters. The van der Waals surface area contributed by atoms with Crippen LogP contribution in [0.1, 0.15) is 31.1 Å². The second-order valence-corrected chi connectivity index (χ2v) is 4.87. The number of hydrogen-bond acceptors (Lipinski definition) is 4. The number of nitrogen functional groups attached to an aromatic ring is 1. The first kappa shape index (κ1) is 14.7. The number of hydrogen-bond donors (Lipinski definition) is 2. The van der Waals surface area contributed by atoms with E-state index in [9.17, 15) is 4.79 Å². The number of halogens is 1. The van der Waals surface area contributed by atoms with Crippen LogP contribution in [-0.4, -0.2) is 29.6 Å². The highest BCUT2D eigenvalue weighted by Gasteiger charge is 2.20. The van der Waals surface area contributed by atoms with Crippen molar-refractivity contribution in [3.8, 4) is 0 Å². The third-order valence-electron chi connectivity index (χ3n) is 2.33. The molecule has 0 aliphatic rings. The Bertz CT molecular complexity index is 435. The average Bonchev–Trinajstić information content (AvgIpc) is 2.29. The SMILES string of the molecule is CCOC(C)(C)CNC(=O)c1cc(N)ncc1Cl. The molecule has 1 heterocycles. The molecule has 1 aromatic heterocycles. The van der Waals surface area contributed by atoms with Crippen LogP contribution >= 0.6 is 11.6 Å². The van der Waals surface area contributed by atoms with Crippen LogP contribution in [0.5, 0.6) is 0 Å². The predicted molar refractivity (Wildman–Crippen MR) is 71.7 cm³/mol. The number of nitrogens with two attached hydrogens (primary N) is 1. The summed E-state index contributed by atoms with van der Waals surface area (Å²) >= 11 is 5.89. The molecule has 1 amide bonds. The lowest BCUT2D eigenvalue weighted by molar-refractivity contribution is -0.00815. The number of amides is 1. The maximum absolute atomic E-state index is 11.9. The molecule has 0 fully saturated rings. The van der Waals surface area contributed by atoms with Gasteiger partial charge in [0.15, 0.2) is 0 Å². The van der Waals surface area contributed by atoms with Crippen molar-refractivity contribution in [3.05, 3.63) is 22.8 Å². The van der Waals surface area contributed by atoms with Gasteiger partial charge in [0.1, 0.15) is 5.82 Å². The highest BCUT2D eigenvalue weighted by Crippen LogP contribution is 2.16. The molecule has 1 aromatic rings. The Morgan fingerprint density at radius 2 is 2.28 bits per heavy atom. The molecule has 0 aliphatic carbocycles. The monoisotopic (exact) mass is 271 g/mol. The minimum Gasteiger partial charge on any atom is -0.384 e. The van der Waals surface area contributed by atoms with Crippen LogP contribution in [0.2, 0.25) is 5.02 Å². The molecule has 0 aliphatic heterocycles. The van der Waals surface area contributed by atoms with Gasteiger partial charge in [0.05, 0.1) is 16.2 Å². The van der Waals surface area contributed by atoms with Gasteiger partial charge in [-0.15, -0.1) is 0 Å². The number of carbonyl (C=O) groups is 1. The van der Waals surface area contributed by atoms with Gasteiger partial charge in [-0.1, -0.05) is 11.6 Å². The number of aromatic nitrogens is 1. The van der Waals surface area contributed by atoms with Gasteiger partial charge >= 0.3 is 0 Å². The van der Waals surface area contributed by atoms with Crippen molar-refractivity contribution in [2.24, 2.45) is 0 Å². The average molecular weight is 272 g/mol. The maximum Gasteiger partial charge on any atom is 0.253 e. The van der Waals surface area contributed by atoms with Crippen LogP contribution in [0.25, 0.3) is 0 Å². The predicted octanol–water partition coefficient (Wildman–Crippen LogP) is 1.86. The van der Waals surface area contributed by atoms with Gasteiger partial charge < -0.3 is 15.8 Å². The van der Waals surface area contributed by atoms with E-state index in [1.165, 1.54) is 12.3 Å². The number of pyridine rings is 1. The molecule has 6 heteroatoms. The molecule has 0 atom stereocenters. The van der Waals surface area contributed by atoms with Crippen molar-refractivity contribution in [2.75, 3.05) is 18.9 Å². The van der Waals surface area contributed by atoms with Gasteiger partial charge in [-0.25, -0.2) is 4.98 Å². The summed E-state index contributed by atoms with van der Waals surface area (Å²) in [6.07, 6.45) is 1.36. The minimum atomic E-state index is -0.421. The van der Waals surface area contributed by atoms with Crippen LogP contribution in [0, 0.1) is 0 Å². The van der Waals surface area contributed by atoms with Gasteiger partial charge in [0, 0.05) is 19.3 Å². The Balaban J connectivity index is 2.69. The Kier molecular flexibility index (Phi) is 4.93. The summed E-state index contributed by atoms with van der Waals surface area (Å²) in [7, 11) is 0. The molecule has 3 N–H and O–H groups in total. The van der Waals surface area contributed by atoms with E-state index in [1.807, 2.05) is 20.8 Å². The fraction of sp³-hybridized carbons (Fsp3) is 0.500. The highest BCUT2D eigenvalue weighted by atomic mass is 35.5. The zero-order chi connectivity index (χ0) is 13.8. The van der Waals surface area contributed by atoms with Gasteiger partial charge in [-0.2, -0.15) is 0 Å². The molecule has 0 saturated heterocycles. The molecule has 100 valence electrons. The summed E-state index contributed by atoms with van der Waals surface area (Å²) < 4.78 is 5.48. The summed E-state index contributed by atoms with van der Waals surface area (Å²) in [5, 5.41) is 3.03. The molecule has 0 spiro atoms. The van der Waals surface area contributed by atoms with Crippen molar-refractivity contribution in [3.63, 3.8) is 0 Å². The highest BCUT2D eigenvalue weighted by molar-refractivity contribution is 6.33. The molecule has 0 saturated carbocycles. The number of ether oxygens (including phenoxy) is 1. The summed E-state index contributed by atoms with van der Waals surface area (Å²) in [6.45, 7) is 6.69. The van der Waals surface area contributed by atoms with E-state index in [1.54, 1.807) is 0 Å². The van der Waals surface area contributed by atoms with Crippen LogP contribution in [0.15, 0.2) is 12.3 Å². The molecule has 18 heavy (non-hydrogen) atoms. The third-order valence-corrected chi connectivity index (χ3v) is 2.63. The van der Waals surface area contributed by atoms with Gasteiger partial charge in [-0.3, -0.25) is 4.79 Å². The quantitative estimate of drug-likeness (QED) is 0.857. The summed E-state index contributed by atoms with van der Waals surface area (Å²) in [4.78, 5) is 15.7. The number of rotatable bonds is 5. The van der Waals surface area contributed by atoms with Crippen LogP contribution < -0.4 is 11.1 Å². The number of carbonyl (C=O) groups excluding carboxylic acids is 1. The first-order valence-electron chi connectivity index (χ1n) is 5.69. The fourth-order valence-electron chi connectivity index (χ4n) is 1.46. The molecule has 0 aromatic carbocycles. The van der Waals surface area contributed by atoms with Crippen molar-refractivity contribution in [2.45, 2.75) is 26.4 Å². The lowest BCUT2D eigenvalue weighted by atomic mass is 10.1. The molecular weight excluding hydrogens is 254 g/mol. The van der Waals surface area contributed by atoms with Crippen molar-refractivity contribution in [1.82, 2.24) is 10.3 Å². The molecule has 1 rings (SSSR count). The molecule has 0 radical (unpaired) electrons. The maximum atomic E-state index is 11.9. The van der Waals surface area contributed by atoms with E-state index < -0.39 is 5.60 Å². The minimum absolute atomic E-state index is 0.258. The number of anilines is 1. The Labute approximate surface area is 112 Å². The van der Waals surface area contributed by atoms with E-state index in [0.717, 1.165) is 0 Å². The van der Waals surface area contributed by atoms with E-state index in [-0.39, 0.29) is 16.7 Å². The smallest absolute Gasteiger partial charge is 0.253 e. The number of nitrogens with zero attached hydrogens (tertiary/aromatic N) is 1. The van der Waals surface area contributed by atoms with Gasteiger partial charge in [-0.05, 0) is 26.8 Å².